The summed E-state index contributed by atoms with van der Waals surface area (Å²) in [7, 11) is 0. The maximum atomic E-state index is 5.70. The highest BCUT2D eigenvalue weighted by Crippen LogP contribution is 2.37. The average Bonchev–Trinajstić information content (AvgIpc) is 2.79. The third-order valence-corrected chi connectivity index (χ3v) is 4.15. The Morgan fingerprint density at radius 2 is 1.87 bits per heavy atom. The maximum Gasteiger partial charge on any atom is 0.0936 e. The van der Waals surface area contributed by atoms with Gasteiger partial charge in [-0.05, 0) is 24.7 Å². The quantitative estimate of drug-likeness (QED) is 0.683. The molecule has 2 aliphatic heterocycles. The minimum Gasteiger partial charge on any atom is -0.376 e. The van der Waals surface area contributed by atoms with Crippen LogP contribution >= 0.6 is 0 Å². The molecule has 3 heteroatoms. The van der Waals surface area contributed by atoms with Crippen LogP contribution in [0.2, 0.25) is 0 Å². The molecule has 0 aromatic carbocycles. The van der Waals surface area contributed by atoms with Gasteiger partial charge in [-0.2, -0.15) is 0 Å². The second-order valence-electron chi connectivity index (χ2n) is 5.24. The third kappa shape index (κ3) is 2.19. The molecule has 2 unspecified atom stereocenters. The van der Waals surface area contributed by atoms with Crippen molar-refractivity contribution >= 4 is 0 Å². The fourth-order valence-corrected chi connectivity index (χ4v) is 3.41. The Morgan fingerprint density at radius 3 is 2.53 bits per heavy atom. The molecule has 3 rings (SSSR count). The van der Waals surface area contributed by atoms with Gasteiger partial charge in [-0.1, -0.05) is 6.42 Å². The molecule has 0 radical (unpaired) electrons. The molecule has 3 fully saturated rings. The van der Waals surface area contributed by atoms with Crippen LogP contribution in [0, 0.1) is 11.8 Å². The molecular formula is C12H21NO2. The van der Waals surface area contributed by atoms with Crippen molar-refractivity contribution in [2.24, 2.45) is 11.8 Å². The molecule has 0 aromatic rings. The number of likely N-dealkylation sites (tertiary alicyclic amines) is 1. The van der Waals surface area contributed by atoms with E-state index in [0.717, 1.165) is 38.2 Å². The minimum atomic E-state index is 0.331. The second kappa shape index (κ2) is 4.40. The van der Waals surface area contributed by atoms with Crippen LogP contribution in [0.3, 0.4) is 0 Å². The first-order valence-corrected chi connectivity index (χ1v) is 6.33. The number of ether oxygens (including phenoxy) is 2. The van der Waals surface area contributed by atoms with E-state index in [1.54, 1.807) is 0 Å². The summed E-state index contributed by atoms with van der Waals surface area (Å²) < 4.78 is 11.1. The Hall–Kier alpha value is -0.120. The van der Waals surface area contributed by atoms with Gasteiger partial charge in [0.1, 0.15) is 0 Å². The molecule has 3 atom stereocenters. The van der Waals surface area contributed by atoms with Crippen LogP contribution in [0.5, 0.6) is 0 Å². The van der Waals surface area contributed by atoms with Gasteiger partial charge in [-0.25, -0.2) is 0 Å². The number of nitrogens with zero attached hydrogens (tertiary/aromatic N) is 1. The molecule has 3 aliphatic rings. The van der Waals surface area contributed by atoms with Crippen LogP contribution in [0.25, 0.3) is 0 Å². The summed E-state index contributed by atoms with van der Waals surface area (Å²) in [5, 5.41) is 0. The number of hydrogen-bond acceptors (Lipinski definition) is 3. The van der Waals surface area contributed by atoms with Crippen molar-refractivity contribution in [3.8, 4) is 0 Å². The van der Waals surface area contributed by atoms with E-state index >= 15 is 0 Å². The summed E-state index contributed by atoms with van der Waals surface area (Å²) in [4.78, 5) is 2.59. The van der Waals surface area contributed by atoms with Crippen LogP contribution in [-0.4, -0.2) is 50.5 Å². The first-order valence-electron chi connectivity index (χ1n) is 6.33. The molecular weight excluding hydrogens is 190 g/mol. The molecule has 15 heavy (non-hydrogen) atoms. The Bertz CT molecular complexity index is 204. The van der Waals surface area contributed by atoms with Crippen molar-refractivity contribution in [1.29, 1.82) is 0 Å². The van der Waals surface area contributed by atoms with E-state index in [2.05, 4.69) is 4.90 Å². The molecule has 2 saturated heterocycles. The smallest absolute Gasteiger partial charge is 0.0936 e. The molecule has 0 spiro atoms. The Kier molecular flexibility index (Phi) is 2.95. The molecule has 0 N–H and O–H groups in total. The van der Waals surface area contributed by atoms with Crippen molar-refractivity contribution in [2.45, 2.75) is 25.4 Å². The van der Waals surface area contributed by atoms with Gasteiger partial charge in [0.05, 0.1) is 25.9 Å². The predicted molar refractivity (Wildman–Crippen MR) is 57.8 cm³/mol. The summed E-state index contributed by atoms with van der Waals surface area (Å²) in [6.45, 7) is 6.07. The van der Waals surface area contributed by atoms with Crippen LogP contribution in [0.1, 0.15) is 19.3 Å². The fourth-order valence-electron chi connectivity index (χ4n) is 3.41. The Balaban J connectivity index is 1.48. The van der Waals surface area contributed by atoms with Crippen molar-refractivity contribution in [3.63, 3.8) is 0 Å². The minimum absolute atomic E-state index is 0.331. The van der Waals surface area contributed by atoms with E-state index in [0.29, 0.717) is 6.10 Å². The van der Waals surface area contributed by atoms with Gasteiger partial charge < -0.3 is 14.4 Å². The summed E-state index contributed by atoms with van der Waals surface area (Å²) >= 11 is 0. The largest absolute Gasteiger partial charge is 0.376 e. The lowest BCUT2D eigenvalue weighted by Gasteiger charge is -2.27. The molecule has 3 nitrogen and oxygen atoms in total. The molecule has 0 amide bonds. The van der Waals surface area contributed by atoms with E-state index in [-0.39, 0.29) is 0 Å². The number of fused-ring (bicyclic) bond motifs is 1. The molecule has 0 aromatic heterocycles. The SMILES string of the molecule is C1CC2CN(CC3COCCO3)C[C@@H]2C1. The molecule has 86 valence electrons. The zero-order valence-corrected chi connectivity index (χ0v) is 9.36. The average molecular weight is 211 g/mol. The Labute approximate surface area is 91.7 Å². The lowest BCUT2D eigenvalue weighted by atomic mass is 10.0. The third-order valence-electron chi connectivity index (χ3n) is 4.15. The first-order chi connectivity index (χ1) is 7.42. The standard InChI is InChI=1S/C12H21NO2/c1-2-10-6-13(7-11(10)3-1)8-12-9-14-4-5-15-12/h10-12H,1-9H2/t10-,11?,12?/m0/s1. The monoisotopic (exact) mass is 211 g/mol. The van der Waals surface area contributed by atoms with Crippen molar-refractivity contribution in [1.82, 2.24) is 4.90 Å². The van der Waals surface area contributed by atoms with E-state index < -0.39 is 0 Å². The summed E-state index contributed by atoms with van der Waals surface area (Å²) in [6, 6.07) is 0. The maximum absolute atomic E-state index is 5.70. The molecule has 0 bridgehead atoms. The van der Waals surface area contributed by atoms with Crippen molar-refractivity contribution in [2.75, 3.05) is 39.5 Å². The van der Waals surface area contributed by atoms with Crippen LogP contribution in [0.4, 0.5) is 0 Å². The fraction of sp³-hybridized carbons (Fsp3) is 1.00. The highest BCUT2D eigenvalue weighted by molar-refractivity contribution is 4.89. The van der Waals surface area contributed by atoms with Crippen LogP contribution < -0.4 is 0 Å². The van der Waals surface area contributed by atoms with Gasteiger partial charge in [0, 0.05) is 19.6 Å². The topological polar surface area (TPSA) is 21.7 Å². The van der Waals surface area contributed by atoms with Gasteiger partial charge in [0.2, 0.25) is 0 Å². The van der Waals surface area contributed by atoms with Crippen LogP contribution in [-0.2, 0) is 9.47 Å². The van der Waals surface area contributed by atoms with E-state index in [1.807, 2.05) is 0 Å². The van der Waals surface area contributed by atoms with Crippen molar-refractivity contribution in [3.05, 3.63) is 0 Å². The Morgan fingerprint density at radius 1 is 1.07 bits per heavy atom. The van der Waals surface area contributed by atoms with Gasteiger partial charge >= 0.3 is 0 Å². The predicted octanol–water partition coefficient (Wildman–Crippen LogP) is 1.13. The normalized spacial score (nSPS) is 42.0. The van der Waals surface area contributed by atoms with E-state index in [9.17, 15) is 0 Å². The van der Waals surface area contributed by atoms with Gasteiger partial charge in [-0.3, -0.25) is 0 Å². The van der Waals surface area contributed by atoms with Gasteiger partial charge in [0.15, 0.2) is 0 Å². The zero-order valence-electron chi connectivity index (χ0n) is 9.36. The summed E-state index contributed by atoms with van der Waals surface area (Å²) in [5.74, 6) is 1.99. The summed E-state index contributed by atoms with van der Waals surface area (Å²) in [6.07, 6.45) is 4.72. The van der Waals surface area contributed by atoms with Gasteiger partial charge in [-0.15, -0.1) is 0 Å². The van der Waals surface area contributed by atoms with E-state index in [1.165, 1.54) is 32.4 Å². The van der Waals surface area contributed by atoms with Crippen LogP contribution in [0.15, 0.2) is 0 Å². The molecule has 2 heterocycles. The number of rotatable bonds is 2. The lowest BCUT2D eigenvalue weighted by molar-refractivity contribution is -0.0964. The summed E-state index contributed by atoms with van der Waals surface area (Å²) in [5.41, 5.74) is 0. The zero-order chi connectivity index (χ0) is 10.1. The second-order valence-corrected chi connectivity index (χ2v) is 5.24. The highest BCUT2D eigenvalue weighted by Gasteiger charge is 2.36. The van der Waals surface area contributed by atoms with Crippen molar-refractivity contribution < 1.29 is 9.47 Å². The highest BCUT2D eigenvalue weighted by atomic mass is 16.6. The first kappa shape index (κ1) is 10.1. The molecule has 1 aliphatic carbocycles. The van der Waals surface area contributed by atoms with E-state index in [4.69, 9.17) is 9.47 Å². The van der Waals surface area contributed by atoms with Gasteiger partial charge in [0.25, 0.3) is 0 Å². The number of hydrogen-bond donors (Lipinski definition) is 0. The lowest BCUT2D eigenvalue weighted by Crippen LogP contribution is -2.39. The molecule has 1 saturated carbocycles.